The standard InChI is InChI=1S/C51H84N2O10S/c1-3-5-7-9-11-13-15-17-19-21-23-25-27-29-48(57)62-40-44(63-49(58)30-28-26-24-22-20-18-16-14-12-10-8-6-4-2)41-64-38-37-46(54)52-39-42-31-33-43(34-32-42)50(59)53-45(51(60)61)35-36-47(55)56/h31-34,37-38,44-45H,3-30,35-36,39-41H2,1-2H3,(H,52,54)(H,53,59)(H,55,56)(H,60,61)/b38-37+/t44?,45-/m0/s1. The SMILES string of the molecule is CCCCCCCCCCCCCCCC(=O)OCC(CS/C=C/C(=O)NCc1ccc(C(=O)N[C@@H](CCC(=O)O)C(=O)O)cc1)OC(=O)CCCCCCCCCCCCCCC. The van der Waals surface area contributed by atoms with Crippen LogP contribution in [0.5, 0.6) is 0 Å². The third-order valence-electron chi connectivity index (χ3n) is 11.2. The molecule has 1 unspecified atom stereocenters. The smallest absolute Gasteiger partial charge is 0.326 e. The summed E-state index contributed by atoms with van der Waals surface area (Å²) in [5, 5.41) is 24.9. The summed E-state index contributed by atoms with van der Waals surface area (Å²) in [4.78, 5) is 72.8. The molecule has 2 atom stereocenters. The van der Waals surface area contributed by atoms with Crippen LogP contribution in [0.3, 0.4) is 0 Å². The number of carboxylic acids is 2. The molecule has 0 bridgehead atoms. The second kappa shape index (κ2) is 40.6. The number of benzene rings is 1. The number of esters is 2. The molecule has 1 rings (SSSR count). The van der Waals surface area contributed by atoms with Crippen LogP contribution in [0.1, 0.15) is 222 Å². The van der Waals surface area contributed by atoms with E-state index in [2.05, 4.69) is 24.5 Å². The van der Waals surface area contributed by atoms with Gasteiger partial charge in [-0.1, -0.05) is 180 Å². The maximum atomic E-state index is 12.8. The van der Waals surface area contributed by atoms with E-state index < -0.39 is 36.4 Å². The first-order valence-corrected chi connectivity index (χ1v) is 25.9. The van der Waals surface area contributed by atoms with Crippen LogP contribution in [0.25, 0.3) is 0 Å². The molecule has 0 radical (unpaired) electrons. The fourth-order valence-electron chi connectivity index (χ4n) is 7.25. The van der Waals surface area contributed by atoms with Gasteiger partial charge in [-0.05, 0) is 42.4 Å². The number of unbranched alkanes of at least 4 members (excludes halogenated alkanes) is 24. The summed E-state index contributed by atoms with van der Waals surface area (Å²) in [7, 11) is 0. The largest absolute Gasteiger partial charge is 0.481 e. The number of carbonyl (C=O) groups is 6. The molecule has 4 N–H and O–H groups in total. The molecule has 0 aliphatic rings. The Kier molecular flexibility index (Phi) is 36.9. The Balaban J connectivity index is 2.50. The van der Waals surface area contributed by atoms with E-state index in [1.165, 1.54) is 158 Å². The van der Waals surface area contributed by atoms with Crippen molar-refractivity contribution in [2.45, 2.75) is 225 Å². The number of thioether (sulfide) groups is 1. The highest BCUT2D eigenvalue weighted by Gasteiger charge is 2.22. The van der Waals surface area contributed by atoms with Gasteiger partial charge in [0.1, 0.15) is 18.8 Å². The molecule has 2 amide bonds. The third-order valence-corrected chi connectivity index (χ3v) is 12.1. The number of hydrogen-bond donors (Lipinski definition) is 4. The summed E-state index contributed by atoms with van der Waals surface area (Å²) in [6.45, 7) is 4.62. The Labute approximate surface area is 389 Å². The molecule has 0 aliphatic heterocycles. The Morgan fingerprint density at radius 1 is 0.609 bits per heavy atom. The first-order chi connectivity index (χ1) is 31.0. The van der Waals surface area contributed by atoms with Crippen LogP contribution >= 0.6 is 11.8 Å². The molecule has 12 nitrogen and oxygen atoms in total. The van der Waals surface area contributed by atoms with Gasteiger partial charge in [-0.25, -0.2) is 4.79 Å². The molecular weight excluding hydrogens is 833 g/mol. The second-order valence-corrected chi connectivity index (χ2v) is 18.1. The number of nitrogens with one attached hydrogen (secondary N) is 2. The molecule has 13 heteroatoms. The molecule has 0 saturated heterocycles. The quantitative estimate of drug-likeness (QED) is 0.0277. The zero-order valence-corrected chi connectivity index (χ0v) is 40.3. The minimum absolute atomic E-state index is 0.0397. The number of rotatable bonds is 43. The zero-order valence-electron chi connectivity index (χ0n) is 39.5. The van der Waals surface area contributed by atoms with E-state index >= 15 is 0 Å². The number of amides is 2. The van der Waals surface area contributed by atoms with Crippen LogP contribution in [-0.2, 0) is 40.0 Å². The highest BCUT2D eigenvalue weighted by atomic mass is 32.2. The highest BCUT2D eigenvalue weighted by molar-refractivity contribution is 8.02. The molecule has 1 aromatic carbocycles. The number of carboxylic acid groups (broad SMARTS) is 2. The fraction of sp³-hybridized carbons (Fsp3) is 0.725. The van der Waals surface area contributed by atoms with E-state index in [0.717, 1.165) is 38.5 Å². The minimum Gasteiger partial charge on any atom is -0.481 e. The molecule has 1 aromatic rings. The molecule has 0 heterocycles. The van der Waals surface area contributed by atoms with Gasteiger partial charge in [0.15, 0.2) is 0 Å². The van der Waals surface area contributed by atoms with Gasteiger partial charge < -0.3 is 30.3 Å². The van der Waals surface area contributed by atoms with Gasteiger partial charge in [0.2, 0.25) is 5.91 Å². The van der Waals surface area contributed by atoms with Crippen LogP contribution in [0.2, 0.25) is 0 Å². The number of hydrogen-bond acceptors (Lipinski definition) is 9. The number of aliphatic carboxylic acids is 2. The number of carbonyl (C=O) groups excluding carboxylic acids is 4. The molecule has 0 fully saturated rings. The van der Waals surface area contributed by atoms with Crippen molar-refractivity contribution in [3.63, 3.8) is 0 Å². The molecule has 0 saturated carbocycles. The van der Waals surface area contributed by atoms with Crippen LogP contribution in [-0.4, -0.2) is 70.4 Å². The molecule has 0 spiro atoms. The summed E-state index contributed by atoms with van der Waals surface area (Å²) in [6.07, 6.45) is 32.5. The van der Waals surface area contributed by atoms with Crippen molar-refractivity contribution < 1.29 is 48.5 Å². The lowest BCUT2D eigenvalue weighted by molar-refractivity contribution is -0.157. The Morgan fingerprint density at radius 2 is 1.06 bits per heavy atom. The molecule has 64 heavy (non-hydrogen) atoms. The topological polar surface area (TPSA) is 185 Å². The maximum Gasteiger partial charge on any atom is 0.326 e. The second-order valence-electron chi connectivity index (χ2n) is 17.1. The molecule has 364 valence electrons. The van der Waals surface area contributed by atoms with Gasteiger partial charge in [0, 0.05) is 43.2 Å². The van der Waals surface area contributed by atoms with E-state index in [1.807, 2.05) is 0 Å². The van der Waals surface area contributed by atoms with Crippen molar-refractivity contribution in [1.29, 1.82) is 0 Å². The fourth-order valence-corrected chi connectivity index (χ4v) is 7.96. The Bertz CT molecular complexity index is 1440. The summed E-state index contributed by atoms with van der Waals surface area (Å²) >= 11 is 1.28. The molecule has 0 aromatic heterocycles. The third kappa shape index (κ3) is 34.5. The molecular formula is C51H84N2O10S. The van der Waals surface area contributed by atoms with Gasteiger partial charge in [0.25, 0.3) is 5.91 Å². The lowest BCUT2D eigenvalue weighted by Crippen LogP contribution is -2.41. The Morgan fingerprint density at radius 3 is 1.52 bits per heavy atom. The van der Waals surface area contributed by atoms with E-state index in [0.29, 0.717) is 24.2 Å². The predicted octanol–water partition coefficient (Wildman–Crippen LogP) is 12.0. The van der Waals surface area contributed by atoms with Crippen molar-refractivity contribution in [3.8, 4) is 0 Å². The average Bonchev–Trinajstić information content (AvgIpc) is 3.27. The van der Waals surface area contributed by atoms with Crippen LogP contribution in [0, 0.1) is 0 Å². The van der Waals surface area contributed by atoms with Gasteiger partial charge in [-0.3, -0.25) is 24.0 Å². The summed E-state index contributed by atoms with van der Waals surface area (Å²) in [5.41, 5.74) is 0.889. The van der Waals surface area contributed by atoms with Crippen molar-refractivity contribution in [2.75, 3.05) is 12.4 Å². The van der Waals surface area contributed by atoms with Crippen molar-refractivity contribution >= 4 is 47.5 Å². The van der Waals surface area contributed by atoms with E-state index in [9.17, 15) is 33.9 Å². The normalized spacial score (nSPS) is 12.2. The van der Waals surface area contributed by atoms with E-state index in [-0.39, 0.29) is 43.0 Å². The van der Waals surface area contributed by atoms with E-state index in [4.69, 9.17) is 14.6 Å². The average molecular weight is 917 g/mol. The van der Waals surface area contributed by atoms with E-state index in [1.54, 1.807) is 17.5 Å². The maximum absolute atomic E-state index is 12.8. The first-order valence-electron chi connectivity index (χ1n) is 24.8. The monoisotopic (exact) mass is 917 g/mol. The van der Waals surface area contributed by atoms with Crippen LogP contribution in [0.4, 0.5) is 0 Å². The first kappa shape index (κ1) is 58.1. The van der Waals surface area contributed by atoms with Gasteiger partial charge in [-0.2, -0.15) is 0 Å². The van der Waals surface area contributed by atoms with Crippen molar-refractivity contribution in [2.24, 2.45) is 0 Å². The van der Waals surface area contributed by atoms with Gasteiger partial charge >= 0.3 is 23.9 Å². The Hall–Kier alpha value is -3.87. The molecule has 0 aliphatic carbocycles. The predicted molar refractivity (Wildman–Crippen MR) is 257 cm³/mol. The van der Waals surface area contributed by atoms with Crippen molar-refractivity contribution in [3.05, 3.63) is 46.9 Å². The van der Waals surface area contributed by atoms with Crippen LogP contribution in [0.15, 0.2) is 35.7 Å². The van der Waals surface area contributed by atoms with Gasteiger partial charge in [-0.15, -0.1) is 11.8 Å². The summed E-state index contributed by atoms with van der Waals surface area (Å²) in [5.74, 6) is -3.80. The highest BCUT2D eigenvalue weighted by Crippen LogP contribution is 2.17. The zero-order chi connectivity index (χ0) is 46.9. The summed E-state index contributed by atoms with van der Waals surface area (Å²) < 4.78 is 11.3. The summed E-state index contributed by atoms with van der Waals surface area (Å²) in [6, 6.07) is 4.89. The number of ether oxygens (including phenoxy) is 2. The van der Waals surface area contributed by atoms with Crippen LogP contribution < -0.4 is 10.6 Å². The van der Waals surface area contributed by atoms with Crippen molar-refractivity contribution in [1.82, 2.24) is 10.6 Å². The lowest BCUT2D eigenvalue weighted by atomic mass is 10.0. The lowest BCUT2D eigenvalue weighted by Gasteiger charge is -2.17. The minimum atomic E-state index is -1.34. The van der Waals surface area contributed by atoms with Gasteiger partial charge in [0.05, 0.1) is 0 Å².